The molecule has 0 fully saturated rings. The molecule has 0 saturated heterocycles. The molecule has 0 heterocycles. The van der Waals surface area contributed by atoms with Crippen LogP contribution in [-0.4, -0.2) is 63.8 Å². The Morgan fingerprint density at radius 1 is 1.19 bits per heavy atom. The van der Waals surface area contributed by atoms with Crippen molar-refractivity contribution in [2.24, 2.45) is 17.6 Å². The van der Waals surface area contributed by atoms with Crippen LogP contribution in [0.4, 0.5) is 4.39 Å². The van der Waals surface area contributed by atoms with Gasteiger partial charge in [-0.1, -0.05) is 19.9 Å². The van der Waals surface area contributed by atoms with Crippen molar-refractivity contribution < 1.29 is 28.5 Å². The fourth-order valence-corrected chi connectivity index (χ4v) is 3.53. The molecular weight excluding hydrogens is 415 g/mol. The van der Waals surface area contributed by atoms with Gasteiger partial charge >= 0.3 is 0 Å². The lowest BCUT2D eigenvalue weighted by atomic mass is 9.86. The maximum absolute atomic E-state index is 12.3. The van der Waals surface area contributed by atoms with Crippen molar-refractivity contribution >= 4 is 5.91 Å². The second-order valence-electron chi connectivity index (χ2n) is 8.37. The average molecular weight is 457 g/mol. The Labute approximate surface area is 191 Å². The lowest BCUT2D eigenvalue weighted by molar-refractivity contribution is -0.127. The highest BCUT2D eigenvalue weighted by molar-refractivity contribution is 5.78. The first-order valence-electron chi connectivity index (χ1n) is 11.4. The van der Waals surface area contributed by atoms with E-state index in [0.29, 0.717) is 31.1 Å². The summed E-state index contributed by atoms with van der Waals surface area (Å²) >= 11 is 0. The lowest BCUT2D eigenvalue weighted by Gasteiger charge is -2.26. The number of aryl methyl sites for hydroxylation is 1. The van der Waals surface area contributed by atoms with Crippen molar-refractivity contribution in [3.8, 4) is 11.5 Å². The Kier molecular flexibility index (Phi) is 13.9. The Morgan fingerprint density at radius 2 is 1.94 bits per heavy atom. The van der Waals surface area contributed by atoms with Gasteiger partial charge in [0.1, 0.15) is 6.67 Å². The zero-order valence-corrected chi connectivity index (χ0v) is 19.9. The fraction of sp³-hybridized carbons (Fsp3) is 0.708. The zero-order chi connectivity index (χ0) is 23.9. The number of benzene rings is 1. The van der Waals surface area contributed by atoms with E-state index in [0.717, 1.165) is 24.8 Å². The van der Waals surface area contributed by atoms with E-state index in [1.807, 2.05) is 32.0 Å². The van der Waals surface area contributed by atoms with Crippen LogP contribution < -0.4 is 20.5 Å². The Bertz CT molecular complexity index is 659. The third kappa shape index (κ3) is 10.1. The van der Waals surface area contributed by atoms with Gasteiger partial charge in [-0.3, -0.25) is 4.79 Å². The van der Waals surface area contributed by atoms with E-state index >= 15 is 0 Å². The molecule has 4 N–H and O–H groups in total. The van der Waals surface area contributed by atoms with Crippen LogP contribution in [-0.2, 0) is 16.0 Å². The number of methoxy groups -OCH3 is 2. The van der Waals surface area contributed by atoms with Gasteiger partial charge in [0.05, 0.1) is 19.8 Å². The number of carbonyl (C=O) groups excluding carboxylic acids is 1. The number of rotatable bonds is 17. The van der Waals surface area contributed by atoms with Crippen LogP contribution in [0.2, 0.25) is 0 Å². The van der Waals surface area contributed by atoms with Gasteiger partial charge in [0, 0.05) is 38.6 Å². The van der Waals surface area contributed by atoms with Crippen molar-refractivity contribution in [2.75, 3.05) is 40.7 Å². The molecule has 32 heavy (non-hydrogen) atoms. The van der Waals surface area contributed by atoms with Crippen molar-refractivity contribution in [3.05, 3.63) is 23.8 Å². The normalized spacial score (nSPS) is 14.1. The molecule has 0 unspecified atom stereocenters. The number of nitrogens with one attached hydrogen (secondary N) is 1. The minimum absolute atomic E-state index is 0.00977. The molecule has 0 aliphatic rings. The number of aliphatic hydroxyl groups is 1. The molecule has 1 amide bonds. The van der Waals surface area contributed by atoms with Crippen molar-refractivity contribution in [3.63, 3.8) is 0 Å². The Balaban J connectivity index is 2.56. The molecule has 1 aromatic rings. The van der Waals surface area contributed by atoms with Gasteiger partial charge in [-0.25, -0.2) is 4.39 Å². The summed E-state index contributed by atoms with van der Waals surface area (Å²) in [5, 5.41) is 13.1. The summed E-state index contributed by atoms with van der Waals surface area (Å²) in [7, 11) is 3.27. The van der Waals surface area contributed by atoms with Crippen molar-refractivity contribution in [1.82, 2.24) is 5.32 Å². The molecule has 0 aliphatic carbocycles. The van der Waals surface area contributed by atoms with Gasteiger partial charge in [0.2, 0.25) is 5.91 Å². The number of amides is 1. The number of hydrogen-bond donors (Lipinski definition) is 3. The minimum atomic E-state index is -0.797. The largest absolute Gasteiger partial charge is 0.493 e. The van der Waals surface area contributed by atoms with Crippen LogP contribution in [0.25, 0.3) is 0 Å². The first-order valence-corrected chi connectivity index (χ1v) is 11.4. The van der Waals surface area contributed by atoms with E-state index in [2.05, 4.69) is 5.32 Å². The van der Waals surface area contributed by atoms with Gasteiger partial charge in [0.15, 0.2) is 11.5 Å². The Morgan fingerprint density at radius 3 is 2.56 bits per heavy atom. The van der Waals surface area contributed by atoms with E-state index in [9.17, 15) is 14.3 Å². The summed E-state index contributed by atoms with van der Waals surface area (Å²) in [5.74, 6) is 0.772. The quantitative estimate of drug-likeness (QED) is 0.312. The van der Waals surface area contributed by atoms with Crippen LogP contribution in [0.1, 0.15) is 45.1 Å². The molecule has 3 atom stereocenters. The van der Waals surface area contributed by atoms with E-state index in [-0.39, 0.29) is 24.8 Å². The summed E-state index contributed by atoms with van der Waals surface area (Å²) in [5.41, 5.74) is 7.30. The van der Waals surface area contributed by atoms with Gasteiger partial charge in [-0.15, -0.1) is 0 Å². The molecule has 0 saturated carbocycles. The average Bonchev–Trinajstić information content (AvgIpc) is 2.78. The van der Waals surface area contributed by atoms with Crippen LogP contribution in [0.5, 0.6) is 11.5 Å². The molecule has 0 radical (unpaired) electrons. The molecular formula is C24H41FN2O5. The van der Waals surface area contributed by atoms with Gasteiger partial charge < -0.3 is 30.4 Å². The van der Waals surface area contributed by atoms with E-state index in [4.69, 9.17) is 19.9 Å². The molecule has 1 rings (SSSR count). The number of nitrogens with two attached hydrogens (primary N) is 1. The predicted octanol–water partition coefficient (Wildman–Crippen LogP) is 2.87. The van der Waals surface area contributed by atoms with Crippen LogP contribution in [0, 0.1) is 11.8 Å². The molecule has 7 nitrogen and oxygen atoms in total. The third-order valence-corrected chi connectivity index (χ3v) is 5.51. The fourth-order valence-electron chi connectivity index (χ4n) is 3.53. The van der Waals surface area contributed by atoms with Crippen molar-refractivity contribution in [2.45, 2.75) is 58.1 Å². The van der Waals surface area contributed by atoms with E-state index in [1.165, 1.54) is 0 Å². The van der Waals surface area contributed by atoms with Crippen molar-refractivity contribution in [1.29, 1.82) is 0 Å². The maximum atomic E-state index is 12.3. The highest BCUT2D eigenvalue weighted by atomic mass is 19.1. The summed E-state index contributed by atoms with van der Waals surface area (Å²) in [6.07, 6.45) is 2.44. The minimum Gasteiger partial charge on any atom is -0.493 e. The number of hydrogen-bond acceptors (Lipinski definition) is 6. The summed E-state index contributed by atoms with van der Waals surface area (Å²) in [4.78, 5) is 12.2. The van der Waals surface area contributed by atoms with E-state index in [1.54, 1.807) is 14.2 Å². The van der Waals surface area contributed by atoms with Crippen LogP contribution >= 0.6 is 0 Å². The SMILES string of the molecule is COCCCOc1cc(CCC[C@H](N)[C@@H](O)C[C@H](C(=O)NCCF)C(C)C)ccc1OC. The summed E-state index contributed by atoms with van der Waals surface area (Å²) < 4.78 is 28.6. The molecule has 8 heteroatoms. The molecule has 0 aromatic heterocycles. The number of carbonyl (C=O) groups is 1. The topological polar surface area (TPSA) is 103 Å². The van der Waals surface area contributed by atoms with E-state index < -0.39 is 24.7 Å². The van der Waals surface area contributed by atoms with Gasteiger partial charge in [-0.05, 0) is 49.3 Å². The Hall–Kier alpha value is -1.90. The predicted molar refractivity (Wildman–Crippen MR) is 124 cm³/mol. The maximum Gasteiger partial charge on any atom is 0.223 e. The van der Waals surface area contributed by atoms with Gasteiger partial charge in [0.25, 0.3) is 0 Å². The summed E-state index contributed by atoms with van der Waals surface area (Å²) in [6, 6.07) is 5.41. The second kappa shape index (κ2) is 15.8. The standard InChI is InChI=1S/C24H41FN2O5/c1-17(2)19(24(29)27-12-11-25)16-21(28)20(26)8-5-7-18-9-10-22(31-4)23(15-18)32-14-6-13-30-3/h9-10,15,17,19-21,28H,5-8,11-14,16,26H2,1-4H3,(H,27,29)/t19-,20-,21-/m0/s1. The molecule has 0 spiro atoms. The smallest absolute Gasteiger partial charge is 0.223 e. The molecule has 0 aliphatic heterocycles. The van der Waals surface area contributed by atoms with Crippen LogP contribution in [0.15, 0.2) is 18.2 Å². The molecule has 1 aromatic carbocycles. The van der Waals surface area contributed by atoms with Crippen LogP contribution in [0.3, 0.4) is 0 Å². The molecule has 184 valence electrons. The summed E-state index contributed by atoms with van der Waals surface area (Å²) in [6.45, 7) is 4.39. The first kappa shape index (κ1) is 28.1. The number of halogens is 1. The van der Waals surface area contributed by atoms with Gasteiger partial charge in [-0.2, -0.15) is 0 Å². The number of ether oxygens (including phenoxy) is 3. The molecule has 0 bridgehead atoms. The highest BCUT2D eigenvalue weighted by Crippen LogP contribution is 2.29. The number of alkyl halides is 1. The monoisotopic (exact) mass is 456 g/mol. The highest BCUT2D eigenvalue weighted by Gasteiger charge is 2.27. The third-order valence-electron chi connectivity index (χ3n) is 5.51. The number of aliphatic hydroxyl groups excluding tert-OH is 1. The zero-order valence-electron chi connectivity index (χ0n) is 19.9. The second-order valence-corrected chi connectivity index (χ2v) is 8.37. The lowest BCUT2D eigenvalue weighted by Crippen LogP contribution is -2.41. The first-order chi connectivity index (χ1) is 15.3.